The van der Waals surface area contributed by atoms with E-state index in [9.17, 15) is 51.3 Å². The molecule has 1 aliphatic heterocycles. The Bertz CT molecular complexity index is 1550. The van der Waals surface area contributed by atoms with Crippen molar-refractivity contribution in [2.75, 3.05) is 11.5 Å². The second kappa shape index (κ2) is 14.0. The Morgan fingerprint density at radius 2 is 1.62 bits per heavy atom. The number of aliphatic hydroxyl groups is 2. The summed E-state index contributed by atoms with van der Waals surface area (Å²) in [6.45, 7) is 4.89. The predicted molar refractivity (Wildman–Crippen MR) is 164 cm³/mol. The molecule has 2 aliphatic rings. The summed E-state index contributed by atoms with van der Waals surface area (Å²) in [6.07, 6.45) is -7.77. The Kier molecular flexibility index (Phi) is 10.9. The topological polar surface area (TPSA) is 98.1 Å². The molecule has 1 saturated heterocycles. The van der Waals surface area contributed by atoms with Crippen LogP contribution >= 0.6 is 11.6 Å². The third-order valence-corrected chi connectivity index (χ3v) is 9.18. The van der Waals surface area contributed by atoms with Gasteiger partial charge < -0.3 is 15.3 Å². The number of alkyl halides is 6. The van der Waals surface area contributed by atoms with Crippen molar-refractivity contribution in [2.45, 2.75) is 71.3 Å². The van der Waals surface area contributed by atoms with Crippen molar-refractivity contribution < 1.29 is 51.3 Å². The van der Waals surface area contributed by atoms with E-state index in [-0.39, 0.29) is 30.6 Å². The second-order valence-corrected chi connectivity index (χ2v) is 12.8. The van der Waals surface area contributed by atoms with Crippen molar-refractivity contribution in [3.8, 4) is 5.75 Å². The van der Waals surface area contributed by atoms with Gasteiger partial charge in [0.25, 0.3) is 0 Å². The molecule has 2 amide bonds. The number of halogens is 7. The van der Waals surface area contributed by atoms with Gasteiger partial charge in [-0.05, 0) is 79.1 Å². The lowest BCUT2D eigenvalue weighted by Gasteiger charge is -2.38. The lowest BCUT2D eigenvalue weighted by Crippen LogP contribution is -2.40. The molecular formula is C34H36ClF6NO5. The van der Waals surface area contributed by atoms with Crippen LogP contribution in [0.4, 0.5) is 32.0 Å². The number of allylic oxidation sites excluding steroid dienone is 2. The molecule has 0 bridgehead atoms. The van der Waals surface area contributed by atoms with Crippen LogP contribution in [0, 0.1) is 23.7 Å². The number of phenols is 1. The van der Waals surface area contributed by atoms with E-state index in [0.717, 1.165) is 12.0 Å². The molecule has 0 unspecified atom stereocenters. The summed E-state index contributed by atoms with van der Waals surface area (Å²) in [6, 6.07) is 5.15. The average Bonchev–Trinajstić information content (AvgIpc) is 3.23. The maximum absolute atomic E-state index is 13.8. The van der Waals surface area contributed by atoms with E-state index in [4.69, 9.17) is 11.6 Å². The minimum Gasteiger partial charge on any atom is -0.508 e. The van der Waals surface area contributed by atoms with Crippen LogP contribution in [0.3, 0.4) is 0 Å². The van der Waals surface area contributed by atoms with Crippen molar-refractivity contribution in [2.24, 2.45) is 23.7 Å². The summed E-state index contributed by atoms with van der Waals surface area (Å²) < 4.78 is 81.6. The van der Waals surface area contributed by atoms with Crippen LogP contribution in [-0.4, -0.2) is 39.8 Å². The Morgan fingerprint density at radius 1 is 1.00 bits per heavy atom. The molecule has 1 heterocycles. The van der Waals surface area contributed by atoms with E-state index >= 15 is 0 Å². The standard InChI is InChI=1S/C34H36ClF6NO5/c1-4-5-18(10-19-7-8-23(44)14-27(19)35)6-9-28(45)29-24(17(2)3)15-25-30(26(29)16-43)32(47)42(31(25)46)22-12-20(33(36,37)38)11-21(13-22)34(39,40)41/h7-8,10-14,17,25-26,28,30,43-45H,4-6,9,15-16H2,1-3H3/b18-10+/t25-,26+,28-,30-/m1/s1. The number of nitrogens with zero attached hydrogens (tertiary/aromatic N) is 1. The smallest absolute Gasteiger partial charge is 0.416 e. The number of hydrogen-bond donors (Lipinski definition) is 3. The van der Waals surface area contributed by atoms with E-state index < -0.39 is 71.4 Å². The number of aliphatic hydroxyl groups excluding tert-OH is 2. The second-order valence-electron chi connectivity index (χ2n) is 12.3. The third-order valence-electron chi connectivity index (χ3n) is 8.86. The fraction of sp³-hybridized carbons (Fsp3) is 0.471. The minimum atomic E-state index is -5.19. The van der Waals surface area contributed by atoms with Gasteiger partial charge in [0, 0.05) is 5.92 Å². The van der Waals surface area contributed by atoms with Gasteiger partial charge in [-0.1, -0.05) is 56.0 Å². The number of imide groups is 1. The van der Waals surface area contributed by atoms with Gasteiger partial charge in [0.1, 0.15) is 5.75 Å². The van der Waals surface area contributed by atoms with Crippen LogP contribution < -0.4 is 4.90 Å². The maximum atomic E-state index is 13.8. The number of rotatable bonds is 10. The van der Waals surface area contributed by atoms with Crippen molar-refractivity contribution in [3.63, 3.8) is 0 Å². The molecule has 2 aromatic rings. The van der Waals surface area contributed by atoms with E-state index in [1.807, 2.05) is 13.0 Å². The normalized spacial score (nSPS) is 21.6. The highest BCUT2D eigenvalue weighted by molar-refractivity contribution is 6.32. The van der Waals surface area contributed by atoms with Gasteiger partial charge in [-0.25, -0.2) is 4.90 Å². The molecule has 47 heavy (non-hydrogen) atoms. The monoisotopic (exact) mass is 687 g/mol. The molecule has 6 nitrogen and oxygen atoms in total. The lowest BCUT2D eigenvalue weighted by atomic mass is 9.66. The summed E-state index contributed by atoms with van der Waals surface area (Å²) in [5, 5.41) is 32.1. The fourth-order valence-corrected chi connectivity index (χ4v) is 6.92. The Labute approximate surface area is 273 Å². The number of aromatic hydroxyl groups is 1. The highest BCUT2D eigenvalue weighted by atomic mass is 35.5. The summed E-state index contributed by atoms with van der Waals surface area (Å²) in [4.78, 5) is 27.8. The Balaban J connectivity index is 1.69. The van der Waals surface area contributed by atoms with Gasteiger partial charge in [-0.2, -0.15) is 26.3 Å². The third kappa shape index (κ3) is 7.70. The van der Waals surface area contributed by atoms with E-state index in [1.54, 1.807) is 19.9 Å². The van der Waals surface area contributed by atoms with Crippen molar-refractivity contribution in [3.05, 3.63) is 74.8 Å². The number of amides is 2. The zero-order valence-electron chi connectivity index (χ0n) is 25.9. The molecule has 256 valence electrons. The summed E-state index contributed by atoms with van der Waals surface area (Å²) in [5.41, 5.74) is -1.64. The Hall–Kier alpha value is -3.35. The van der Waals surface area contributed by atoms with Crippen molar-refractivity contribution >= 4 is 35.2 Å². The van der Waals surface area contributed by atoms with E-state index in [0.29, 0.717) is 51.6 Å². The summed E-state index contributed by atoms with van der Waals surface area (Å²) in [7, 11) is 0. The van der Waals surface area contributed by atoms with Gasteiger partial charge >= 0.3 is 12.4 Å². The molecule has 4 rings (SSSR count). The maximum Gasteiger partial charge on any atom is 0.416 e. The first-order valence-corrected chi connectivity index (χ1v) is 15.6. The SMILES string of the molecule is CCC/C(=C\c1ccc(O)cc1Cl)CC[C@@H](O)C1=C(C(C)C)C[C@H]2C(=O)N(c3cc(C(F)(F)F)cc(C(F)(F)F)c3)C(=O)[C@H]2[C@H]1CO. The van der Waals surface area contributed by atoms with Crippen LogP contribution in [0.25, 0.3) is 6.08 Å². The van der Waals surface area contributed by atoms with Gasteiger partial charge in [-0.3, -0.25) is 9.59 Å². The van der Waals surface area contributed by atoms with Gasteiger partial charge in [-0.15, -0.1) is 0 Å². The number of benzene rings is 2. The molecular weight excluding hydrogens is 652 g/mol. The van der Waals surface area contributed by atoms with Crippen LogP contribution in [-0.2, 0) is 21.9 Å². The van der Waals surface area contributed by atoms with E-state index in [1.165, 1.54) is 12.1 Å². The number of fused-ring (bicyclic) bond motifs is 1. The lowest BCUT2D eigenvalue weighted by molar-refractivity contribution is -0.143. The molecule has 3 N–H and O–H groups in total. The zero-order valence-corrected chi connectivity index (χ0v) is 26.7. The molecule has 13 heteroatoms. The molecule has 1 aliphatic carbocycles. The van der Waals surface area contributed by atoms with Crippen LogP contribution in [0.2, 0.25) is 5.02 Å². The van der Waals surface area contributed by atoms with Crippen LogP contribution in [0.15, 0.2) is 53.1 Å². The van der Waals surface area contributed by atoms with E-state index in [2.05, 4.69) is 0 Å². The van der Waals surface area contributed by atoms with Crippen LogP contribution in [0.5, 0.6) is 5.75 Å². The molecule has 0 spiro atoms. The summed E-state index contributed by atoms with van der Waals surface area (Å²) in [5.74, 6) is -5.80. The molecule has 0 radical (unpaired) electrons. The number of anilines is 1. The number of phenolic OH excluding ortho intramolecular Hbond substituents is 1. The average molecular weight is 688 g/mol. The molecule has 0 saturated carbocycles. The quantitative estimate of drug-likeness (QED) is 0.133. The first-order chi connectivity index (χ1) is 21.9. The highest BCUT2D eigenvalue weighted by Gasteiger charge is 2.56. The molecule has 0 aromatic heterocycles. The number of carbonyl (C=O) groups is 2. The molecule has 2 aromatic carbocycles. The van der Waals surface area contributed by atoms with Gasteiger partial charge in [0.05, 0.1) is 46.4 Å². The first-order valence-electron chi connectivity index (χ1n) is 15.3. The Morgan fingerprint density at radius 3 is 2.13 bits per heavy atom. The molecule has 4 atom stereocenters. The number of carbonyl (C=O) groups excluding carboxylic acids is 2. The fourth-order valence-electron chi connectivity index (χ4n) is 6.69. The zero-order chi connectivity index (χ0) is 35.0. The van der Waals surface area contributed by atoms with Crippen molar-refractivity contribution in [1.82, 2.24) is 0 Å². The van der Waals surface area contributed by atoms with Gasteiger partial charge in [0.2, 0.25) is 11.8 Å². The first kappa shape index (κ1) is 36.5. The minimum absolute atomic E-state index is 0.00534. The number of hydrogen-bond acceptors (Lipinski definition) is 5. The van der Waals surface area contributed by atoms with Crippen molar-refractivity contribution in [1.29, 1.82) is 0 Å². The highest BCUT2D eigenvalue weighted by Crippen LogP contribution is 2.50. The summed E-state index contributed by atoms with van der Waals surface area (Å²) >= 11 is 6.28. The largest absolute Gasteiger partial charge is 0.508 e. The van der Waals surface area contributed by atoms with Crippen LogP contribution in [0.1, 0.15) is 69.6 Å². The molecule has 1 fully saturated rings. The predicted octanol–water partition coefficient (Wildman–Crippen LogP) is 8.18. The van der Waals surface area contributed by atoms with Gasteiger partial charge in [0.15, 0.2) is 0 Å².